The Morgan fingerprint density at radius 2 is 1.68 bits per heavy atom. The Bertz CT molecular complexity index is 576. The first-order valence-electron chi connectivity index (χ1n) is 6.12. The number of aliphatic hydroxyl groups is 1. The van der Waals surface area contributed by atoms with Gasteiger partial charge in [-0.15, -0.1) is 0 Å². The van der Waals surface area contributed by atoms with E-state index in [1.54, 1.807) is 7.11 Å². The molecule has 0 spiro atoms. The standard InChI is InChI=1S/C16H17BrO2/c1-10-4-6-12(7-5-10)16(18)15-11(2)14(19-3)9-8-13(15)17/h4-9,16,18H,1-3H3. The molecule has 2 aromatic rings. The molecule has 0 amide bonds. The highest BCUT2D eigenvalue weighted by molar-refractivity contribution is 9.10. The third-order valence-electron chi connectivity index (χ3n) is 3.30. The first-order chi connectivity index (χ1) is 9.04. The van der Waals surface area contributed by atoms with Gasteiger partial charge in [-0.2, -0.15) is 0 Å². The minimum atomic E-state index is -0.662. The summed E-state index contributed by atoms with van der Waals surface area (Å²) in [6, 6.07) is 11.7. The summed E-state index contributed by atoms with van der Waals surface area (Å²) in [5, 5.41) is 10.6. The van der Waals surface area contributed by atoms with Gasteiger partial charge in [-0.25, -0.2) is 0 Å². The van der Waals surface area contributed by atoms with Gasteiger partial charge in [0.05, 0.1) is 7.11 Å². The zero-order valence-electron chi connectivity index (χ0n) is 11.3. The number of methoxy groups -OCH3 is 1. The molecule has 1 atom stereocenters. The van der Waals surface area contributed by atoms with Crippen LogP contribution in [-0.4, -0.2) is 12.2 Å². The predicted molar refractivity (Wildman–Crippen MR) is 80.7 cm³/mol. The lowest BCUT2D eigenvalue weighted by atomic mass is 9.96. The van der Waals surface area contributed by atoms with Gasteiger partial charge in [0.25, 0.3) is 0 Å². The molecule has 3 heteroatoms. The number of aryl methyl sites for hydroxylation is 1. The highest BCUT2D eigenvalue weighted by Crippen LogP contribution is 2.35. The molecule has 0 aromatic heterocycles. The van der Waals surface area contributed by atoms with Crippen molar-refractivity contribution < 1.29 is 9.84 Å². The van der Waals surface area contributed by atoms with Gasteiger partial charge in [0.2, 0.25) is 0 Å². The summed E-state index contributed by atoms with van der Waals surface area (Å²) < 4.78 is 6.20. The Kier molecular flexibility index (Phi) is 4.27. The third kappa shape index (κ3) is 2.82. The number of halogens is 1. The molecule has 0 radical (unpaired) electrons. The van der Waals surface area contributed by atoms with E-state index in [1.807, 2.05) is 50.2 Å². The molecule has 0 heterocycles. The van der Waals surface area contributed by atoms with Crippen molar-refractivity contribution in [3.63, 3.8) is 0 Å². The Hall–Kier alpha value is -1.32. The van der Waals surface area contributed by atoms with Gasteiger partial charge in [-0.3, -0.25) is 0 Å². The number of ether oxygens (including phenoxy) is 1. The Morgan fingerprint density at radius 1 is 1.05 bits per heavy atom. The van der Waals surface area contributed by atoms with E-state index in [0.717, 1.165) is 26.9 Å². The predicted octanol–water partition coefficient (Wildman–Crippen LogP) is 4.16. The second-order valence-electron chi connectivity index (χ2n) is 4.60. The van der Waals surface area contributed by atoms with Crippen molar-refractivity contribution in [1.29, 1.82) is 0 Å². The average molecular weight is 321 g/mol. The minimum absolute atomic E-state index is 0.662. The van der Waals surface area contributed by atoms with Crippen LogP contribution in [0, 0.1) is 13.8 Å². The normalized spacial score (nSPS) is 12.3. The molecule has 0 saturated carbocycles. The molecule has 2 aromatic carbocycles. The van der Waals surface area contributed by atoms with E-state index in [4.69, 9.17) is 4.74 Å². The van der Waals surface area contributed by atoms with Crippen LogP contribution in [0.15, 0.2) is 40.9 Å². The third-order valence-corrected chi connectivity index (χ3v) is 3.99. The lowest BCUT2D eigenvalue weighted by Gasteiger charge is -2.18. The fourth-order valence-corrected chi connectivity index (χ4v) is 2.79. The molecule has 0 saturated heterocycles. The van der Waals surface area contributed by atoms with E-state index in [9.17, 15) is 5.11 Å². The van der Waals surface area contributed by atoms with Crippen LogP contribution in [-0.2, 0) is 0 Å². The maximum atomic E-state index is 10.6. The Morgan fingerprint density at radius 3 is 2.26 bits per heavy atom. The van der Waals surface area contributed by atoms with Gasteiger partial charge < -0.3 is 9.84 Å². The second-order valence-corrected chi connectivity index (χ2v) is 5.46. The van der Waals surface area contributed by atoms with Crippen molar-refractivity contribution in [2.24, 2.45) is 0 Å². The number of aliphatic hydroxyl groups excluding tert-OH is 1. The highest BCUT2D eigenvalue weighted by Gasteiger charge is 2.18. The zero-order chi connectivity index (χ0) is 14.0. The Balaban J connectivity index is 2.49. The maximum Gasteiger partial charge on any atom is 0.122 e. The molecule has 0 aliphatic heterocycles. The van der Waals surface area contributed by atoms with E-state index in [0.29, 0.717) is 0 Å². The summed E-state index contributed by atoms with van der Waals surface area (Å²) in [5.41, 5.74) is 3.85. The number of rotatable bonds is 3. The molecule has 0 bridgehead atoms. The molecule has 100 valence electrons. The molecule has 1 unspecified atom stereocenters. The van der Waals surface area contributed by atoms with Crippen LogP contribution in [0.2, 0.25) is 0 Å². The van der Waals surface area contributed by atoms with Crippen molar-refractivity contribution in [2.75, 3.05) is 7.11 Å². The number of benzene rings is 2. The maximum absolute atomic E-state index is 10.6. The van der Waals surface area contributed by atoms with Crippen LogP contribution in [0.1, 0.15) is 28.4 Å². The highest BCUT2D eigenvalue weighted by atomic mass is 79.9. The largest absolute Gasteiger partial charge is 0.496 e. The van der Waals surface area contributed by atoms with Crippen LogP contribution in [0.25, 0.3) is 0 Å². The topological polar surface area (TPSA) is 29.5 Å². The van der Waals surface area contributed by atoms with E-state index < -0.39 is 6.10 Å². The van der Waals surface area contributed by atoms with E-state index in [1.165, 1.54) is 5.56 Å². The van der Waals surface area contributed by atoms with Crippen molar-refractivity contribution in [3.8, 4) is 5.75 Å². The molecule has 1 N–H and O–H groups in total. The lowest BCUT2D eigenvalue weighted by Crippen LogP contribution is -2.04. The SMILES string of the molecule is COc1ccc(Br)c(C(O)c2ccc(C)cc2)c1C. The van der Waals surface area contributed by atoms with Gasteiger partial charge >= 0.3 is 0 Å². The number of hydrogen-bond acceptors (Lipinski definition) is 2. The van der Waals surface area contributed by atoms with Crippen molar-refractivity contribution >= 4 is 15.9 Å². The van der Waals surface area contributed by atoms with Crippen LogP contribution in [0.4, 0.5) is 0 Å². The van der Waals surface area contributed by atoms with Gasteiger partial charge in [0.1, 0.15) is 11.9 Å². The van der Waals surface area contributed by atoms with Gasteiger partial charge in [0, 0.05) is 10.0 Å². The average Bonchev–Trinajstić information content (AvgIpc) is 2.39. The van der Waals surface area contributed by atoms with E-state index >= 15 is 0 Å². The van der Waals surface area contributed by atoms with E-state index in [2.05, 4.69) is 15.9 Å². The molecule has 0 aliphatic carbocycles. The molecular formula is C16H17BrO2. The summed E-state index contributed by atoms with van der Waals surface area (Å²) in [4.78, 5) is 0. The lowest BCUT2D eigenvalue weighted by molar-refractivity contribution is 0.218. The summed E-state index contributed by atoms with van der Waals surface area (Å²) in [6.07, 6.45) is -0.662. The first kappa shape index (κ1) is 14.1. The summed E-state index contributed by atoms with van der Waals surface area (Å²) >= 11 is 3.51. The molecule has 0 aliphatic rings. The monoisotopic (exact) mass is 320 g/mol. The van der Waals surface area contributed by atoms with Gasteiger partial charge in [0.15, 0.2) is 0 Å². The fourth-order valence-electron chi connectivity index (χ4n) is 2.15. The molecule has 0 fully saturated rings. The van der Waals surface area contributed by atoms with Crippen LogP contribution >= 0.6 is 15.9 Å². The molecule has 19 heavy (non-hydrogen) atoms. The summed E-state index contributed by atoms with van der Waals surface area (Å²) in [5.74, 6) is 0.782. The van der Waals surface area contributed by atoms with Crippen molar-refractivity contribution in [1.82, 2.24) is 0 Å². The molecule has 2 nitrogen and oxygen atoms in total. The van der Waals surface area contributed by atoms with Gasteiger partial charge in [-0.1, -0.05) is 45.8 Å². The fraction of sp³-hybridized carbons (Fsp3) is 0.250. The Labute approximate surface area is 122 Å². The quantitative estimate of drug-likeness (QED) is 0.920. The second kappa shape index (κ2) is 5.76. The van der Waals surface area contributed by atoms with E-state index in [-0.39, 0.29) is 0 Å². The van der Waals surface area contributed by atoms with Crippen LogP contribution < -0.4 is 4.74 Å². The molecular weight excluding hydrogens is 304 g/mol. The number of hydrogen-bond donors (Lipinski definition) is 1. The van der Waals surface area contributed by atoms with Gasteiger partial charge in [-0.05, 0) is 37.1 Å². The first-order valence-corrected chi connectivity index (χ1v) is 6.91. The molecule has 2 rings (SSSR count). The van der Waals surface area contributed by atoms with Crippen molar-refractivity contribution in [2.45, 2.75) is 20.0 Å². The smallest absolute Gasteiger partial charge is 0.122 e. The minimum Gasteiger partial charge on any atom is -0.496 e. The zero-order valence-corrected chi connectivity index (χ0v) is 12.9. The van der Waals surface area contributed by atoms with Crippen LogP contribution in [0.5, 0.6) is 5.75 Å². The summed E-state index contributed by atoms with van der Waals surface area (Å²) in [7, 11) is 1.64. The summed E-state index contributed by atoms with van der Waals surface area (Å²) in [6.45, 7) is 3.99. The van der Waals surface area contributed by atoms with Crippen molar-refractivity contribution in [3.05, 3.63) is 63.1 Å². The van der Waals surface area contributed by atoms with Crippen LogP contribution in [0.3, 0.4) is 0 Å².